The lowest BCUT2D eigenvalue weighted by Gasteiger charge is -2.20. The molecule has 0 amide bonds. The van der Waals surface area contributed by atoms with Crippen LogP contribution in [0, 0.1) is 0 Å². The van der Waals surface area contributed by atoms with Crippen LogP contribution < -0.4 is 5.73 Å². The van der Waals surface area contributed by atoms with E-state index >= 15 is 0 Å². The molecule has 0 aliphatic carbocycles. The van der Waals surface area contributed by atoms with Crippen molar-refractivity contribution >= 4 is 5.97 Å². The molecule has 0 aromatic rings. The van der Waals surface area contributed by atoms with Crippen molar-refractivity contribution in [3.63, 3.8) is 0 Å². The molecule has 2 unspecified atom stereocenters. The number of unbranched alkanes of at least 4 members (excludes halogenated alkanes) is 3. The van der Waals surface area contributed by atoms with Crippen molar-refractivity contribution in [1.82, 2.24) is 0 Å². The van der Waals surface area contributed by atoms with Crippen LogP contribution in [0.25, 0.3) is 0 Å². The SMILES string of the molecule is CCCC=CCCCCC(OC(C)=O)C(C)N. The third-order valence-electron chi connectivity index (χ3n) is 2.64. The van der Waals surface area contributed by atoms with Crippen molar-refractivity contribution in [1.29, 1.82) is 0 Å². The Morgan fingerprint density at radius 2 is 1.94 bits per heavy atom. The smallest absolute Gasteiger partial charge is 0.302 e. The van der Waals surface area contributed by atoms with Gasteiger partial charge in [-0.15, -0.1) is 0 Å². The maximum absolute atomic E-state index is 10.9. The zero-order valence-electron chi connectivity index (χ0n) is 11.4. The summed E-state index contributed by atoms with van der Waals surface area (Å²) in [6.45, 7) is 5.49. The van der Waals surface area contributed by atoms with Crippen LogP contribution in [0.1, 0.15) is 59.3 Å². The Balaban J connectivity index is 3.64. The summed E-state index contributed by atoms with van der Waals surface area (Å²) in [5.74, 6) is -0.241. The van der Waals surface area contributed by atoms with Crippen LogP contribution in [0.15, 0.2) is 12.2 Å². The number of carbonyl (C=O) groups is 1. The molecule has 3 heteroatoms. The van der Waals surface area contributed by atoms with Gasteiger partial charge in [0.1, 0.15) is 6.10 Å². The average molecular weight is 241 g/mol. The molecular formula is C14H27NO2. The maximum Gasteiger partial charge on any atom is 0.302 e. The van der Waals surface area contributed by atoms with Gasteiger partial charge in [0, 0.05) is 13.0 Å². The van der Waals surface area contributed by atoms with Crippen molar-refractivity contribution < 1.29 is 9.53 Å². The molecule has 2 N–H and O–H groups in total. The Morgan fingerprint density at radius 1 is 1.29 bits per heavy atom. The fourth-order valence-electron chi connectivity index (χ4n) is 1.65. The molecule has 0 heterocycles. The third-order valence-corrected chi connectivity index (χ3v) is 2.64. The first kappa shape index (κ1) is 16.2. The van der Waals surface area contributed by atoms with Crippen molar-refractivity contribution in [2.75, 3.05) is 0 Å². The van der Waals surface area contributed by atoms with Crippen molar-refractivity contribution in [3.05, 3.63) is 12.2 Å². The maximum atomic E-state index is 10.9. The monoisotopic (exact) mass is 241 g/mol. The molecule has 0 aromatic carbocycles. The van der Waals surface area contributed by atoms with Crippen molar-refractivity contribution in [3.8, 4) is 0 Å². The molecule has 0 saturated carbocycles. The quantitative estimate of drug-likeness (QED) is 0.383. The normalized spacial score (nSPS) is 14.8. The molecular weight excluding hydrogens is 214 g/mol. The van der Waals surface area contributed by atoms with Gasteiger partial charge < -0.3 is 10.5 Å². The van der Waals surface area contributed by atoms with Crippen LogP contribution >= 0.6 is 0 Å². The second kappa shape index (κ2) is 10.3. The largest absolute Gasteiger partial charge is 0.461 e. The molecule has 0 saturated heterocycles. The number of ether oxygens (including phenoxy) is 1. The zero-order valence-corrected chi connectivity index (χ0v) is 11.4. The standard InChI is InChI=1S/C14H27NO2/c1-4-5-6-7-8-9-10-11-14(12(2)15)17-13(3)16/h6-7,12,14H,4-5,8-11,15H2,1-3H3. The van der Waals surface area contributed by atoms with E-state index in [-0.39, 0.29) is 18.1 Å². The lowest BCUT2D eigenvalue weighted by Crippen LogP contribution is -2.35. The van der Waals surface area contributed by atoms with Crippen molar-refractivity contribution in [2.45, 2.75) is 71.4 Å². The average Bonchev–Trinajstić information content (AvgIpc) is 2.25. The minimum Gasteiger partial charge on any atom is -0.461 e. The highest BCUT2D eigenvalue weighted by Gasteiger charge is 2.15. The van der Waals surface area contributed by atoms with Gasteiger partial charge in [-0.2, -0.15) is 0 Å². The summed E-state index contributed by atoms with van der Waals surface area (Å²) in [5.41, 5.74) is 5.77. The number of allylic oxidation sites excluding steroid dienone is 2. The van der Waals surface area contributed by atoms with Gasteiger partial charge in [0.15, 0.2) is 0 Å². The molecule has 17 heavy (non-hydrogen) atoms. The fraction of sp³-hybridized carbons (Fsp3) is 0.786. The molecule has 0 fully saturated rings. The molecule has 2 atom stereocenters. The van der Waals surface area contributed by atoms with E-state index in [1.807, 2.05) is 6.92 Å². The van der Waals surface area contributed by atoms with E-state index in [0.29, 0.717) is 0 Å². The molecule has 100 valence electrons. The van der Waals surface area contributed by atoms with Gasteiger partial charge in [-0.1, -0.05) is 25.5 Å². The Bertz CT molecular complexity index is 224. The Labute approximate surface area is 105 Å². The summed E-state index contributed by atoms with van der Waals surface area (Å²) in [5, 5.41) is 0. The minimum atomic E-state index is -0.241. The number of esters is 1. The van der Waals surface area contributed by atoms with Crippen LogP contribution in [-0.4, -0.2) is 18.1 Å². The van der Waals surface area contributed by atoms with E-state index in [4.69, 9.17) is 10.5 Å². The Morgan fingerprint density at radius 3 is 2.47 bits per heavy atom. The predicted octanol–water partition coefficient (Wildman–Crippen LogP) is 3.18. The first-order valence-electron chi connectivity index (χ1n) is 6.65. The first-order valence-corrected chi connectivity index (χ1v) is 6.65. The van der Waals surface area contributed by atoms with Crippen molar-refractivity contribution in [2.24, 2.45) is 5.73 Å². The lowest BCUT2D eigenvalue weighted by molar-refractivity contribution is -0.147. The molecule has 0 radical (unpaired) electrons. The number of hydrogen-bond acceptors (Lipinski definition) is 3. The molecule has 0 spiro atoms. The molecule has 0 bridgehead atoms. The molecule has 0 aliphatic heterocycles. The number of rotatable bonds is 9. The summed E-state index contributed by atoms with van der Waals surface area (Å²) in [6, 6.07) is -0.0884. The van der Waals surface area contributed by atoms with Crippen LogP contribution in [0.4, 0.5) is 0 Å². The minimum absolute atomic E-state index is 0.0884. The van der Waals surface area contributed by atoms with Gasteiger partial charge in [-0.25, -0.2) is 0 Å². The molecule has 0 rings (SSSR count). The lowest BCUT2D eigenvalue weighted by atomic mass is 10.1. The first-order chi connectivity index (χ1) is 8.07. The summed E-state index contributed by atoms with van der Waals surface area (Å²) in [4.78, 5) is 10.9. The topological polar surface area (TPSA) is 52.3 Å². The summed E-state index contributed by atoms with van der Waals surface area (Å²) < 4.78 is 5.17. The third kappa shape index (κ3) is 10.1. The second-order valence-electron chi connectivity index (χ2n) is 4.55. The molecule has 0 aliphatic rings. The Hall–Kier alpha value is -0.830. The number of nitrogens with two attached hydrogens (primary N) is 1. The van der Waals surface area contributed by atoms with Crippen LogP contribution in [-0.2, 0) is 9.53 Å². The zero-order chi connectivity index (χ0) is 13.1. The van der Waals surface area contributed by atoms with E-state index in [2.05, 4.69) is 19.1 Å². The van der Waals surface area contributed by atoms with Gasteiger partial charge in [0.2, 0.25) is 0 Å². The van der Waals surface area contributed by atoms with Crippen LogP contribution in [0.2, 0.25) is 0 Å². The second-order valence-corrected chi connectivity index (χ2v) is 4.55. The highest BCUT2D eigenvalue weighted by molar-refractivity contribution is 5.66. The van der Waals surface area contributed by atoms with E-state index in [1.165, 1.54) is 13.3 Å². The van der Waals surface area contributed by atoms with E-state index in [9.17, 15) is 4.79 Å². The highest BCUT2D eigenvalue weighted by atomic mass is 16.5. The van der Waals surface area contributed by atoms with Crippen LogP contribution in [0.5, 0.6) is 0 Å². The summed E-state index contributed by atoms with van der Waals surface area (Å²) in [6.07, 6.45) is 10.8. The van der Waals surface area contributed by atoms with E-state index in [0.717, 1.165) is 32.1 Å². The molecule has 0 aromatic heterocycles. The summed E-state index contributed by atoms with van der Waals surface area (Å²) in [7, 11) is 0. The molecule has 3 nitrogen and oxygen atoms in total. The fourth-order valence-corrected chi connectivity index (χ4v) is 1.65. The highest BCUT2D eigenvalue weighted by Crippen LogP contribution is 2.10. The summed E-state index contributed by atoms with van der Waals surface area (Å²) >= 11 is 0. The van der Waals surface area contributed by atoms with E-state index in [1.54, 1.807) is 0 Å². The predicted molar refractivity (Wildman–Crippen MR) is 71.7 cm³/mol. The van der Waals surface area contributed by atoms with E-state index < -0.39 is 0 Å². The van der Waals surface area contributed by atoms with Gasteiger partial charge in [0.25, 0.3) is 0 Å². The van der Waals surface area contributed by atoms with Gasteiger partial charge in [0.05, 0.1) is 0 Å². The van der Waals surface area contributed by atoms with Gasteiger partial charge >= 0.3 is 5.97 Å². The number of carbonyl (C=O) groups excluding carboxylic acids is 1. The number of hydrogen-bond donors (Lipinski definition) is 1. The Kier molecular flexibility index (Phi) is 9.83. The van der Waals surface area contributed by atoms with Crippen LogP contribution in [0.3, 0.4) is 0 Å². The van der Waals surface area contributed by atoms with Gasteiger partial charge in [-0.05, 0) is 39.0 Å². The van der Waals surface area contributed by atoms with Gasteiger partial charge in [-0.3, -0.25) is 4.79 Å².